The monoisotopic (exact) mass is 560 g/mol. The van der Waals surface area contributed by atoms with E-state index in [1.165, 1.54) is 42.5 Å². The molecule has 1 fully saturated rings. The number of hydrogen-bond donors (Lipinski definition) is 2. The third kappa shape index (κ3) is 6.15. The van der Waals surface area contributed by atoms with Gasteiger partial charge in [0.05, 0.1) is 11.7 Å². The molecule has 17 heteroatoms. The summed E-state index contributed by atoms with van der Waals surface area (Å²) in [5, 5.41) is 22.8. The van der Waals surface area contributed by atoms with Crippen molar-refractivity contribution in [3.8, 4) is 5.88 Å². The van der Waals surface area contributed by atoms with Gasteiger partial charge in [0.1, 0.15) is 37.5 Å². The molecule has 13 nitrogen and oxygen atoms in total. The Morgan fingerprint density at radius 2 is 2.24 bits per heavy atom. The van der Waals surface area contributed by atoms with Gasteiger partial charge in [-0.15, -0.1) is 23.1 Å². The number of halogens is 1. The summed E-state index contributed by atoms with van der Waals surface area (Å²) in [7, 11) is 1.25. The number of aliphatic carboxylic acids is 1. The molecule has 2 aromatic heterocycles. The number of oxime groups is 1. The number of nitrogen functional groups attached to an aromatic ring is 1. The fourth-order valence-corrected chi connectivity index (χ4v) is 5.27. The third-order valence-electron chi connectivity index (χ3n) is 4.92. The minimum atomic E-state index is -1.55. The number of nitrogens with zero attached hydrogens (tertiary/aromatic N) is 4. The van der Waals surface area contributed by atoms with Crippen molar-refractivity contribution in [3.63, 3.8) is 0 Å². The van der Waals surface area contributed by atoms with Crippen LogP contribution >= 0.6 is 23.1 Å². The number of carbonyl (C=O) groups excluding carboxylic acids is 3. The Hall–Kier alpha value is -2.92. The number of thioether (sulfide) groups is 1. The summed E-state index contributed by atoms with van der Waals surface area (Å²) in [4.78, 5) is 47.3. The number of allylic oxidation sites excluding steroid dienone is 1. The number of ether oxygens (including phenoxy) is 1. The average Bonchev–Trinajstić information content (AvgIpc) is 3.50. The van der Waals surface area contributed by atoms with Crippen LogP contribution in [0.4, 0.5) is 9.52 Å². The van der Waals surface area contributed by atoms with E-state index in [-0.39, 0.29) is 81.4 Å². The normalized spacial score (nSPS) is 19.2. The van der Waals surface area contributed by atoms with Crippen LogP contribution in [0, 0.1) is 0 Å². The Bertz CT molecular complexity index is 1280. The molecule has 4 heterocycles. The Kier molecular flexibility index (Phi) is 9.72. The van der Waals surface area contributed by atoms with Crippen molar-refractivity contribution in [2.75, 3.05) is 31.9 Å². The van der Waals surface area contributed by atoms with Crippen LogP contribution in [0.1, 0.15) is 11.5 Å². The zero-order valence-corrected chi connectivity index (χ0v) is 23.1. The van der Waals surface area contributed by atoms with Crippen molar-refractivity contribution in [3.05, 3.63) is 40.2 Å². The molecule has 2 aliphatic heterocycles. The molecular weight excluding hydrogens is 542 g/mol. The molecule has 2 amide bonds. The van der Waals surface area contributed by atoms with Gasteiger partial charge in [-0.05, 0) is 16.8 Å². The number of β-lactam (4-membered cyclic amide) rings is 1. The summed E-state index contributed by atoms with van der Waals surface area (Å²) >= 11 is 2.34. The molecular formula is C20H18FN6NaO7S2. The van der Waals surface area contributed by atoms with E-state index in [1.54, 1.807) is 0 Å². The fraction of sp³-hybridized carbons (Fsp3) is 0.300. The van der Waals surface area contributed by atoms with E-state index < -0.39 is 35.9 Å². The molecule has 0 radical (unpaired) electrons. The van der Waals surface area contributed by atoms with Crippen LogP contribution in [-0.2, 0) is 19.2 Å². The van der Waals surface area contributed by atoms with Gasteiger partial charge >= 0.3 is 29.6 Å². The Morgan fingerprint density at radius 3 is 2.89 bits per heavy atom. The second-order valence-electron chi connectivity index (χ2n) is 7.15. The van der Waals surface area contributed by atoms with Gasteiger partial charge in [-0.3, -0.25) is 14.5 Å². The van der Waals surface area contributed by atoms with Gasteiger partial charge in [0.15, 0.2) is 16.6 Å². The second-order valence-corrected chi connectivity index (χ2v) is 9.15. The molecule has 0 bridgehead atoms. The van der Waals surface area contributed by atoms with Gasteiger partial charge in [-0.1, -0.05) is 11.2 Å². The number of rotatable bonds is 10. The van der Waals surface area contributed by atoms with Crippen LogP contribution in [0.3, 0.4) is 0 Å². The summed E-state index contributed by atoms with van der Waals surface area (Å²) in [6, 6.07) is 0.393. The van der Waals surface area contributed by atoms with Gasteiger partial charge in [0.2, 0.25) is 0 Å². The molecule has 0 saturated carbocycles. The number of amides is 2. The van der Waals surface area contributed by atoms with E-state index in [0.717, 1.165) is 16.2 Å². The van der Waals surface area contributed by atoms with Crippen LogP contribution < -0.4 is 50.5 Å². The van der Waals surface area contributed by atoms with Crippen molar-refractivity contribution in [2.45, 2.75) is 11.4 Å². The first-order chi connectivity index (χ1) is 17.3. The number of carboxylic acids is 1. The number of nitrogens with two attached hydrogens (primary N) is 1. The maximum Gasteiger partial charge on any atom is 1.00 e. The number of alkyl halides is 1. The smallest absolute Gasteiger partial charge is 0.543 e. The van der Waals surface area contributed by atoms with Crippen LogP contribution in [0.2, 0.25) is 0 Å². The number of anilines is 1. The molecule has 0 spiro atoms. The van der Waals surface area contributed by atoms with Gasteiger partial charge < -0.3 is 35.0 Å². The molecule has 3 N–H and O–H groups in total. The SMILES string of the molecule is CO/N=C(\C(=O)N[C@@H]1C(=O)N2C(C(=O)[O-])=C(/C=C\c3cc(OCCF)no3)CS[C@H]12)c1csc(N)n1.[Na+]. The van der Waals surface area contributed by atoms with E-state index in [9.17, 15) is 23.9 Å². The number of hydrogen-bond acceptors (Lipinski definition) is 13. The minimum Gasteiger partial charge on any atom is -0.543 e. The number of fused-ring (bicyclic) bond motifs is 1. The molecule has 0 aromatic carbocycles. The van der Waals surface area contributed by atoms with E-state index in [1.807, 2.05) is 0 Å². The molecule has 190 valence electrons. The molecule has 0 unspecified atom stereocenters. The molecule has 37 heavy (non-hydrogen) atoms. The molecule has 1 saturated heterocycles. The zero-order chi connectivity index (χ0) is 25.8. The second kappa shape index (κ2) is 12.6. The topological polar surface area (TPSA) is 185 Å². The molecule has 2 atom stereocenters. The summed E-state index contributed by atoms with van der Waals surface area (Å²) in [5.74, 6) is -2.42. The van der Waals surface area contributed by atoms with Crippen molar-refractivity contribution in [1.29, 1.82) is 0 Å². The molecule has 0 aliphatic carbocycles. The van der Waals surface area contributed by atoms with Crippen LogP contribution in [-0.4, -0.2) is 76.1 Å². The van der Waals surface area contributed by atoms with Crippen molar-refractivity contribution in [2.24, 2.45) is 5.16 Å². The number of aromatic nitrogens is 2. The molecule has 2 aliphatic rings. The number of nitrogens with one attached hydrogen (secondary N) is 1. The Labute approximate surface area is 239 Å². The fourth-order valence-electron chi connectivity index (χ4n) is 3.41. The summed E-state index contributed by atoms with van der Waals surface area (Å²) in [5.41, 5.74) is 5.57. The predicted octanol–water partition coefficient (Wildman–Crippen LogP) is -3.47. The molecule has 2 aromatic rings. The van der Waals surface area contributed by atoms with Crippen LogP contribution in [0.5, 0.6) is 5.88 Å². The minimum absolute atomic E-state index is 0. The van der Waals surface area contributed by atoms with E-state index in [0.29, 0.717) is 0 Å². The van der Waals surface area contributed by atoms with Crippen LogP contribution in [0.15, 0.2) is 38.5 Å². The quantitative estimate of drug-likeness (QED) is 0.127. The first-order valence-corrected chi connectivity index (χ1v) is 12.1. The van der Waals surface area contributed by atoms with Gasteiger partial charge in [-0.2, -0.15) is 0 Å². The van der Waals surface area contributed by atoms with Gasteiger partial charge in [-0.25, -0.2) is 9.37 Å². The van der Waals surface area contributed by atoms with E-state index in [4.69, 9.17) is 19.8 Å². The number of thiazole rings is 1. The van der Waals surface area contributed by atoms with E-state index in [2.05, 4.69) is 20.6 Å². The third-order valence-corrected chi connectivity index (χ3v) is 6.90. The van der Waals surface area contributed by atoms with Crippen LogP contribution in [0.25, 0.3) is 6.08 Å². The number of carboxylic acid groups (broad SMARTS) is 1. The zero-order valence-electron chi connectivity index (χ0n) is 19.5. The molecule has 4 rings (SSSR count). The van der Waals surface area contributed by atoms with Crippen molar-refractivity contribution in [1.82, 2.24) is 20.4 Å². The van der Waals surface area contributed by atoms with Gasteiger partial charge in [0.25, 0.3) is 17.7 Å². The first-order valence-electron chi connectivity index (χ1n) is 10.2. The maximum atomic E-state index is 12.9. The average molecular weight is 561 g/mol. The Morgan fingerprint density at radius 1 is 1.46 bits per heavy atom. The predicted molar refractivity (Wildman–Crippen MR) is 124 cm³/mol. The first kappa shape index (κ1) is 28.6. The maximum absolute atomic E-state index is 12.9. The van der Waals surface area contributed by atoms with Crippen molar-refractivity contribution < 1.29 is 67.5 Å². The largest absolute Gasteiger partial charge is 1.00 e. The van der Waals surface area contributed by atoms with Crippen molar-refractivity contribution >= 4 is 57.8 Å². The summed E-state index contributed by atoms with van der Waals surface area (Å²) in [6.45, 7) is -0.872. The Balaban J connectivity index is 0.00000380. The standard InChI is InChI=1S/C20H19FN6O7S2.Na/c1-32-26-13(11-8-36-20(22)23-11)16(28)24-14-17(29)27-15(19(30)31)9(7-35-18(14)27)2-3-10-6-12(25-34-10)33-5-4-21;/h2-3,6,8,14,18H,4-5,7H2,1H3,(H2,22,23)(H,24,28)(H,30,31);/q;+1/p-1/b3-2-,26-13-;/t14-,18-;/m1./s1. The van der Waals surface area contributed by atoms with Gasteiger partial charge in [0, 0.05) is 17.2 Å². The van der Waals surface area contributed by atoms with E-state index >= 15 is 0 Å². The summed E-state index contributed by atoms with van der Waals surface area (Å²) < 4.78 is 22.2. The number of carbonyl (C=O) groups is 3. The summed E-state index contributed by atoms with van der Waals surface area (Å²) in [6.07, 6.45) is 2.88.